The van der Waals surface area contributed by atoms with Gasteiger partial charge in [0.05, 0.1) is 16.7 Å². The number of fused-ring (bicyclic) bond motifs is 1. The van der Waals surface area contributed by atoms with E-state index in [9.17, 15) is 5.11 Å². The van der Waals surface area contributed by atoms with Crippen LogP contribution >= 0.6 is 11.3 Å². The first-order valence-corrected chi connectivity index (χ1v) is 8.30. The lowest BCUT2D eigenvalue weighted by atomic mass is 9.94. The highest BCUT2D eigenvalue weighted by Gasteiger charge is 2.37. The van der Waals surface area contributed by atoms with Crippen LogP contribution in [-0.2, 0) is 16.8 Å². The van der Waals surface area contributed by atoms with Gasteiger partial charge in [-0.15, -0.1) is 11.3 Å². The zero-order valence-corrected chi connectivity index (χ0v) is 12.5. The predicted molar refractivity (Wildman–Crippen MR) is 76.4 cm³/mol. The second kappa shape index (κ2) is 5.51. The van der Waals surface area contributed by atoms with Crippen LogP contribution in [0, 0.1) is 0 Å². The Labute approximate surface area is 119 Å². The number of rotatable bonds is 2. The Balaban J connectivity index is 1.95. The summed E-state index contributed by atoms with van der Waals surface area (Å²) >= 11 is 1.70. The van der Waals surface area contributed by atoms with Crippen molar-refractivity contribution in [3.63, 3.8) is 0 Å². The minimum atomic E-state index is -0.297. The molecule has 1 saturated carbocycles. The number of nitrogens with zero attached hydrogens (tertiary/aromatic N) is 1. The molecule has 3 rings (SSSR count). The lowest BCUT2D eigenvalue weighted by Gasteiger charge is -2.29. The van der Waals surface area contributed by atoms with E-state index in [0.29, 0.717) is 0 Å². The molecule has 3 nitrogen and oxygen atoms in total. The molecule has 4 heteroatoms. The van der Waals surface area contributed by atoms with Crippen LogP contribution in [0.5, 0.6) is 0 Å². The van der Waals surface area contributed by atoms with Gasteiger partial charge in [-0.1, -0.05) is 25.7 Å². The third-order valence-electron chi connectivity index (χ3n) is 4.61. The number of hydrogen-bond acceptors (Lipinski definition) is 4. The Morgan fingerprint density at radius 3 is 2.58 bits per heavy atom. The molecule has 106 valence electrons. The molecule has 1 atom stereocenters. The van der Waals surface area contributed by atoms with Crippen LogP contribution in [0.2, 0.25) is 0 Å². The van der Waals surface area contributed by atoms with Gasteiger partial charge in [0.15, 0.2) is 0 Å². The number of aliphatic hydroxyl groups excluding tert-OH is 1. The third kappa shape index (κ3) is 2.46. The lowest BCUT2D eigenvalue weighted by molar-refractivity contribution is -0.0280. The summed E-state index contributed by atoms with van der Waals surface area (Å²) in [4.78, 5) is 5.94. The van der Waals surface area contributed by atoms with Crippen LogP contribution in [0.15, 0.2) is 0 Å². The van der Waals surface area contributed by atoms with E-state index in [1.54, 1.807) is 11.3 Å². The van der Waals surface area contributed by atoms with Crippen molar-refractivity contribution in [2.75, 3.05) is 7.11 Å². The lowest BCUT2D eigenvalue weighted by Crippen LogP contribution is -2.27. The number of aliphatic hydroxyl groups is 1. The van der Waals surface area contributed by atoms with Crippen molar-refractivity contribution in [1.29, 1.82) is 0 Å². The molecule has 0 radical (unpaired) electrons. The number of hydrogen-bond donors (Lipinski definition) is 1. The summed E-state index contributed by atoms with van der Waals surface area (Å²) in [6.07, 6.45) is 9.86. The highest BCUT2D eigenvalue weighted by atomic mass is 32.1. The van der Waals surface area contributed by atoms with Crippen LogP contribution < -0.4 is 0 Å². The van der Waals surface area contributed by atoms with Crippen molar-refractivity contribution in [2.24, 2.45) is 0 Å². The maximum atomic E-state index is 10.1. The van der Waals surface area contributed by atoms with Crippen molar-refractivity contribution in [3.05, 3.63) is 15.6 Å². The minimum absolute atomic E-state index is 0.182. The van der Waals surface area contributed by atoms with E-state index in [1.165, 1.54) is 25.7 Å². The molecule has 1 aromatic heterocycles. The molecule has 0 saturated heterocycles. The zero-order valence-electron chi connectivity index (χ0n) is 11.7. The van der Waals surface area contributed by atoms with Crippen molar-refractivity contribution >= 4 is 11.3 Å². The molecule has 1 heterocycles. The fraction of sp³-hybridized carbons (Fsp3) is 0.800. The van der Waals surface area contributed by atoms with Gasteiger partial charge in [-0.3, -0.25) is 0 Å². The van der Waals surface area contributed by atoms with E-state index in [2.05, 4.69) is 0 Å². The molecule has 0 amide bonds. The molecule has 1 unspecified atom stereocenters. The first-order valence-electron chi connectivity index (χ1n) is 7.48. The molecule has 0 spiro atoms. The van der Waals surface area contributed by atoms with E-state index in [-0.39, 0.29) is 11.7 Å². The monoisotopic (exact) mass is 281 g/mol. The van der Waals surface area contributed by atoms with Gasteiger partial charge < -0.3 is 9.84 Å². The Kier molecular flexibility index (Phi) is 3.92. The van der Waals surface area contributed by atoms with E-state index in [0.717, 1.165) is 47.7 Å². The normalized spacial score (nSPS) is 26.7. The summed E-state index contributed by atoms with van der Waals surface area (Å²) in [6, 6.07) is 0. The second-order valence-electron chi connectivity index (χ2n) is 5.85. The Hall–Kier alpha value is -0.450. The number of aromatic nitrogens is 1. The van der Waals surface area contributed by atoms with Crippen molar-refractivity contribution in [2.45, 2.75) is 69.5 Å². The standard InChI is InChI=1S/C15H23NO2S/c1-18-15(9-4-2-3-5-10-15)14-16-11-7-6-8-12(17)13(11)19-14/h12,17H,2-10H2,1H3. The first kappa shape index (κ1) is 13.5. The van der Waals surface area contributed by atoms with Gasteiger partial charge in [0.2, 0.25) is 0 Å². The quantitative estimate of drug-likeness (QED) is 0.840. The highest BCUT2D eigenvalue weighted by Crippen LogP contribution is 2.44. The summed E-state index contributed by atoms with van der Waals surface area (Å²) in [5, 5.41) is 11.2. The average molecular weight is 281 g/mol. The second-order valence-corrected chi connectivity index (χ2v) is 6.88. The fourth-order valence-corrected chi connectivity index (χ4v) is 4.75. The molecular weight excluding hydrogens is 258 g/mol. The molecule has 0 aliphatic heterocycles. The van der Waals surface area contributed by atoms with Crippen LogP contribution in [-0.4, -0.2) is 17.2 Å². The summed E-state index contributed by atoms with van der Waals surface area (Å²) in [7, 11) is 1.82. The van der Waals surface area contributed by atoms with Crippen molar-refractivity contribution < 1.29 is 9.84 Å². The Morgan fingerprint density at radius 2 is 1.95 bits per heavy atom. The van der Waals surface area contributed by atoms with E-state index in [1.807, 2.05) is 7.11 Å². The van der Waals surface area contributed by atoms with Crippen LogP contribution in [0.3, 0.4) is 0 Å². The molecular formula is C15H23NO2S. The molecule has 1 N–H and O–H groups in total. The molecule has 2 aliphatic carbocycles. The average Bonchev–Trinajstić information content (AvgIpc) is 2.72. The van der Waals surface area contributed by atoms with Gasteiger partial charge in [0, 0.05) is 7.11 Å². The van der Waals surface area contributed by atoms with Crippen molar-refractivity contribution in [1.82, 2.24) is 4.98 Å². The van der Waals surface area contributed by atoms with E-state index >= 15 is 0 Å². The fourth-order valence-electron chi connectivity index (χ4n) is 3.40. The van der Waals surface area contributed by atoms with Crippen LogP contribution in [0.1, 0.15) is 73.0 Å². The number of thiazole rings is 1. The number of methoxy groups -OCH3 is 1. The van der Waals surface area contributed by atoms with Crippen LogP contribution in [0.25, 0.3) is 0 Å². The molecule has 19 heavy (non-hydrogen) atoms. The molecule has 1 aromatic rings. The highest BCUT2D eigenvalue weighted by molar-refractivity contribution is 7.12. The van der Waals surface area contributed by atoms with E-state index in [4.69, 9.17) is 9.72 Å². The smallest absolute Gasteiger partial charge is 0.125 e. The van der Waals surface area contributed by atoms with Gasteiger partial charge in [-0.2, -0.15) is 0 Å². The molecule has 1 fully saturated rings. The maximum absolute atomic E-state index is 10.1. The SMILES string of the molecule is COC1(c2nc3c(s2)C(O)CCC3)CCCCCC1. The summed E-state index contributed by atoms with van der Waals surface area (Å²) < 4.78 is 5.92. The number of aryl methyl sites for hydroxylation is 1. The van der Waals surface area contributed by atoms with Crippen molar-refractivity contribution in [3.8, 4) is 0 Å². The minimum Gasteiger partial charge on any atom is -0.388 e. The summed E-state index contributed by atoms with van der Waals surface area (Å²) in [5.41, 5.74) is 0.942. The largest absolute Gasteiger partial charge is 0.388 e. The van der Waals surface area contributed by atoms with Gasteiger partial charge in [0.1, 0.15) is 10.6 Å². The number of ether oxygens (including phenoxy) is 1. The molecule has 0 aromatic carbocycles. The Morgan fingerprint density at radius 1 is 1.21 bits per heavy atom. The zero-order chi connectivity index (χ0) is 13.3. The topological polar surface area (TPSA) is 42.4 Å². The van der Waals surface area contributed by atoms with Crippen LogP contribution in [0.4, 0.5) is 0 Å². The molecule has 0 bridgehead atoms. The summed E-state index contributed by atoms with van der Waals surface area (Å²) in [5.74, 6) is 0. The third-order valence-corrected chi connectivity index (χ3v) is 6.00. The van der Waals surface area contributed by atoms with Gasteiger partial charge in [-0.05, 0) is 32.1 Å². The maximum Gasteiger partial charge on any atom is 0.125 e. The van der Waals surface area contributed by atoms with Gasteiger partial charge in [-0.25, -0.2) is 4.98 Å². The van der Waals surface area contributed by atoms with Gasteiger partial charge >= 0.3 is 0 Å². The summed E-state index contributed by atoms with van der Waals surface area (Å²) in [6.45, 7) is 0. The van der Waals surface area contributed by atoms with Gasteiger partial charge in [0.25, 0.3) is 0 Å². The predicted octanol–water partition coefficient (Wildman–Crippen LogP) is 3.71. The van der Waals surface area contributed by atoms with E-state index < -0.39 is 0 Å². The Bertz CT molecular complexity index is 435. The first-order chi connectivity index (χ1) is 9.25. The molecule has 2 aliphatic rings.